The zero-order valence-corrected chi connectivity index (χ0v) is 5.74. The van der Waals surface area contributed by atoms with Crippen LogP contribution in [0.1, 0.15) is 0 Å². The molecule has 0 radical (unpaired) electrons. The van der Waals surface area contributed by atoms with Gasteiger partial charge in [0.15, 0.2) is 5.82 Å². The van der Waals surface area contributed by atoms with Crippen molar-refractivity contribution in [3.05, 3.63) is 29.8 Å². The predicted molar refractivity (Wildman–Crippen MR) is 34.5 cm³/mol. The second kappa shape index (κ2) is 3.46. The van der Waals surface area contributed by atoms with Crippen molar-refractivity contribution in [1.29, 1.82) is 0 Å². The van der Waals surface area contributed by atoms with Crippen molar-refractivity contribution in [1.82, 2.24) is 4.98 Å². The van der Waals surface area contributed by atoms with E-state index in [1.165, 1.54) is 0 Å². The van der Waals surface area contributed by atoms with E-state index in [-0.39, 0.29) is 13.5 Å². The average Bonchev–Trinajstić information content (AvgIpc) is 1.83. The molecule has 0 atom stereocenters. The highest BCUT2D eigenvalue weighted by Gasteiger charge is 2.06. The van der Waals surface area contributed by atoms with Gasteiger partial charge in [-0.05, 0) is 6.07 Å². The Hall–Kier alpha value is -0.710. The molecule has 0 bridgehead atoms. The zero-order valence-electron chi connectivity index (χ0n) is 4.74. The van der Waals surface area contributed by atoms with E-state index in [1.54, 1.807) is 0 Å². The lowest BCUT2D eigenvalue weighted by Gasteiger charge is -1.89. The molecule has 0 aromatic carbocycles. The summed E-state index contributed by atoms with van der Waals surface area (Å²) in [6.07, 6.45) is 0.855. The van der Waals surface area contributed by atoms with Gasteiger partial charge in [-0.1, -0.05) is 0 Å². The molecule has 1 rings (SSSR count). The summed E-state index contributed by atoms with van der Waals surface area (Å²) >= 11 is 0. The molecule has 0 aliphatic heterocycles. The standard InChI is InChI=1S/C5H2F3N.H2S/c6-3-1-2-9-5(8)4(3)7;/h1-2H;1H2. The van der Waals surface area contributed by atoms with Gasteiger partial charge in [0, 0.05) is 6.20 Å². The Morgan fingerprint density at radius 2 is 1.80 bits per heavy atom. The lowest BCUT2D eigenvalue weighted by atomic mass is 10.4. The number of nitrogens with zero attached hydrogens (tertiary/aromatic N) is 1. The van der Waals surface area contributed by atoms with E-state index in [0.29, 0.717) is 0 Å². The molecule has 1 aromatic heterocycles. The Kier molecular flexibility index (Phi) is 3.21. The number of rotatable bonds is 0. The maximum absolute atomic E-state index is 11.9. The van der Waals surface area contributed by atoms with E-state index in [9.17, 15) is 13.2 Å². The average molecular weight is 167 g/mol. The molecule has 0 spiro atoms. The predicted octanol–water partition coefficient (Wildman–Crippen LogP) is 1.61. The number of hydrogen-bond acceptors (Lipinski definition) is 1. The lowest BCUT2D eigenvalue weighted by molar-refractivity contribution is 0.427. The molecular formula is C5H4F3NS. The molecule has 0 saturated carbocycles. The maximum atomic E-state index is 11.9. The summed E-state index contributed by atoms with van der Waals surface area (Å²) in [6, 6.07) is 0.748. The smallest absolute Gasteiger partial charge is 0.226 e. The van der Waals surface area contributed by atoms with Gasteiger partial charge in [0.05, 0.1) is 0 Å². The summed E-state index contributed by atoms with van der Waals surface area (Å²) in [4.78, 5) is 2.86. The van der Waals surface area contributed by atoms with Crippen LogP contribution in [-0.2, 0) is 0 Å². The van der Waals surface area contributed by atoms with E-state index >= 15 is 0 Å². The van der Waals surface area contributed by atoms with Crippen molar-refractivity contribution in [2.24, 2.45) is 0 Å². The molecule has 1 nitrogen and oxygen atoms in total. The summed E-state index contributed by atoms with van der Waals surface area (Å²) in [5.74, 6) is -4.16. The first-order valence-electron chi connectivity index (χ1n) is 2.17. The lowest BCUT2D eigenvalue weighted by Crippen LogP contribution is -1.91. The summed E-state index contributed by atoms with van der Waals surface area (Å²) in [7, 11) is 0. The van der Waals surface area contributed by atoms with Gasteiger partial charge in [0.25, 0.3) is 5.95 Å². The molecule has 0 unspecified atom stereocenters. The fourth-order valence-corrected chi connectivity index (χ4v) is 0.397. The monoisotopic (exact) mass is 167 g/mol. The Labute approximate surface area is 62.3 Å². The van der Waals surface area contributed by atoms with Crippen LogP contribution in [-0.4, -0.2) is 4.98 Å². The molecule has 0 fully saturated rings. The van der Waals surface area contributed by atoms with Gasteiger partial charge >= 0.3 is 0 Å². The van der Waals surface area contributed by atoms with Gasteiger partial charge < -0.3 is 0 Å². The van der Waals surface area contributed by atoms with Crippen LogP contribution in [0.4, 0.5) is 13.2 Å². The molecule has 1 aromatic rings. The van der Waals surface area contributed by atoms with E-state index < -0.39 is 17.6 Å². The SMILES string of the molecule is Fc1ccnc(F)c1F.S. The number of pyridine rings is 1. The molecule has 0 aliphatic carbocycles. The van der Waals surface area contributed by atoms with Crippen LogP contribution >= 0.6 is 13.5 Å². The first-order chi connectivity index (χ1) is 4.22. The van der Waals surface area contributed by atoms with Gasteiger partial charge in [0.1, 0.15) is 0 Å². The second-order valence-electron chi connectivity index (χ2n) is 1.40. The minimum Gasteiger partial charge on any atom is -0.226 e. The van der Waals surface area contributed by atoms with E-state index in [1.807, 2.05) is 0 Å². The second-order valence-corrected chi connectivity index (χ2v) is 1.40. The van der Waals surface area contributed by atoms with Crippen molar-refractivity contribution in [2.75, 3.05) is 0 Å². The van der Waals surface area contributed by atoms with Crippen LogP contribution in [0.3, 0.4) is 0 Å². The van der Waals surface area contributed by atoms with Crippen LogP contribution in [0.5, 0.6) is 0 Å². The zero-order chi connectivity index (χ0) is 6.85. The highest BCUT2D eigenvalue weighted by atomic mass is 32.1. The minimum absolute atomic E-state index is 0. The Morgan fingerprint density at radius 3 is 2.20 bits per heavy atom. The fraction of sp³-hybridized carbons (Fsp3) is 0. The quantitative estimate of drug-likeness (QED) is 0.535. The first kappa shape index (κ1) is 9.29. The molecule has 56 valence electrons. The third-order valence-corrected chi connectivity index (χ3v) is 0.800. The number of hydrogen-bond donors (Lipinski definition) is 0. The van der Waals surface area contributed by atoms with Crippen molar-refractivity contribution in [2.45, 2.75) is 0 Å². The number of halogens is 3. The van der Waals surface area contributed by atoms with Crippen LogP contribution < -0.4 is 0 Å². The van der Waals surface area contributed by atoms with Gasteiger partial charge in [0.2, 0.25) is 5.82 Å². The maximum Gasteiger partial charge on any atom is 0.251 e. The van der Waals surface area contributed by atoms with Crippen molar-refractivity contribution in [3.63, 3.8) is 0 Å². The highest BCUT2D eigenvalue weighted by Crippen LogP contribution is 2.04. The molecule has 5 heteroatoms. The number of aromatic nitrogens is 1. The Bertz CT molecular complexity index is 208. The minimum atomic E-state index is -1.53. The molecular weight excluding hydrogens is 163 g/mol. The van der Waals surface area contributed by atoms with E-state index in [2.05, 4.69) is 4.98 Å². The topological polar surface area (TPSA) is 12.9 Å². The third-order valence-electron chi connectivity index (χ3n) is 0.800. The van der Waals surface area contributed by atoms with Crippen molar-refractivity contribution < 1.29 is 13.2 Å². The van der Waals surface area contributed by atoms with Gasteiger partial charge in [-0.25, -0.2) is 9.37 Å². The normalized spacial score (nSPS) is 8.70. The van der Waals surface area contributed by atoms with Crippen LogP contribution in [0.2, 0.25) is 0 Å². The van der Waals surface area contributed by atoms with Crippen molar-refractivity contribution >= 4 is 13.5 Å². The first-order valence-corrected chi connectivity index (χ1v) is 2.17. The van der Waals surface area contributed by atoms with E-state index in [4.69, 9.17) is 0 Å². The highest BCUT2D eigenvalue weighted by molar-refractivity contribution is 7.59. The largest absolute Gasteiger partial charge is 0.251 e. The summed E-state index contributed by atoms with van der Waals surface area (Å²) in [6.45, 7) is 0. The molecule has 1 heterocycles. The fourth-order valence-electron chi connectivity index (χ4n) is 0.397. The Morgan fingerprint density at radius 1 is 1.20 bits per heavy atom. The molecule has 0 aliphatic rings. The van der Waals surface area contributed by atoms with Crippen LogP contribution in [0.15, 0.2) is 12.3 Å². The van der Waals surface area contributed by atoms with Gasteiger partial charge in [-0.2, -0.15) is 22.3 Å². The van der Waals surface area contributed by atoms with Gasteiger partial charge in [-0.3, -0.25) is 0 Å². The summed E-state index contributed by atoms with van der Waals surface area (Å²) in [5.41, 5.74) is 0. The van der Waals surface area contributed by atoms with Crippen LogP contribution in [0, 0.1) is 17.6 Å². The third kappa shape index (κ3) is 1.63. The summed E-state index contributed by atoms with van der Waals surface area (Å²) in [5, 5.41) is 0. The molecule has 0 saturated heterocycles. The Balaban J connectivity index is 0.000000810. The van der Waals surface area contributed by atoms with E-state index in [0.717, 1.165) is 12.3 Å². The molecule has 0 N–H and O–H groups in total. The summed E-state index contributed by atoms with van der Waals surface area (Å²) < 4.78 is 35.7. The van der Waals surface area contributed by atoms with Gasteiger partial charge in [-0.15, -0.1) is 0 Å². The van der Waals surface area contributed by atoms with Crippen molar-refractivity contribution in [3.8, 4) is 0 Å². The van der Waals surface area contributed by atoms with Crippen LogP contribution in [0.25, 0.3) is 0 Å². The molecule has 10 heavy (non-hydrogen) atoms. The molecule has 0 amide bonds.